The number of nitrogen functional groups attached to an aromatic ring is 1. The number of Topliss-reactive ketones (excluding diaryl/α,β-unsaturated/α-hetero) is 1. The van der Waals surface area contributed by atoms with Crippen LogP contribution in [0.15, 0.2) is 12.1 Å². The van der Waals surface area contributed by atoms with Crippen molar-refractivity contribution >= 4 is 28.8 Å². The highest BCUT2D eigenvalue weighted by Gasteiger charge is 2.22. The monoisotopic (exact) mass is 232 g/mol. The van der Waals surface area contributed by atoms with E-state index in [1.54, 1.807) is 0 Å². The molecule has 0 aliphatic rings. The van der Waals surface area contributed by atoms with E-state index in [0.717, 1.165) is 12.1 Å². The van der Waals surface area contributed by atoms with Gasteiger partial charge in [-0.2, -0.15) is 4.39 Å². The summed E-state index contributed by atoms with van der Waals surface area (Å²) >= 11 is 5.22. The number of carbonyl (C=O) groups is 1. The molecule has 15 heavy (non-hydrogen) atoms. The second-order valence-corrected chi connectivity index (χ2v) is 2.98. The first-order valence-corrected chi connectivity index (χ1v) is 4.33. The van der Waals surface area contributed by atoms with E-state index in [9.17, 15) is 19.3 Å². The second-order valence-electron chi connectivity index (χ2n) is 2.72. The molecule has 0 aliphatic carbocycles. The Balaban J connectivity index is 3.41. The van der Waals surface area contributed by atoms with Crippen LogP contribution in [0.5, 0.6) is 0 Å². The summed E-state index contributed by atoms with van der Waals surface area (Å²) in [6, 6.07) is 1.87. The zero-order chi connectivity index (χ0) is 11.6. The number of hydrogen-bond acceptors (Lipinski definition) is 4. The first-order chi connectivity index (χ1) is 6.97. The van der Waals surface area contributed by atoms with E-state index < -0.39 is 33.7 Å². The van der Waals surface area contributed by atoms with E-state index in [0.29, 0.717) is 0 Å². The number of nitro benzene ring substituents is 1. The average molecular weight is 233 g/mol. The highest BCUT2D eigenvalue weighted by molar-refractivity contribution is 6.30. The number of alkyl halides is 1. The smallest absolute Gasteiger partial charge is 0.307 e. The van der Waals surface area contributed by atoms with Gasteiger partial charge in [0.2, 0.25) is 5.82 Å². The Morgan fingerprint density at radius 3 is 2.67 bits per heavy atom. The lowest BCUT2D eigenvalue weighted by Gasteiger charge is -2.02. The lowest BCUT2D eigenvalue weighted by atomic mass is 10.1. The van der Waals surface area contributed by atoms with Crippen molar-refractivity contribution in [3.63, 3.8) is 0 Å². The van der Waals surface area contributed by atoms with Gasteiger partial charge in [-0.05, 0) is 6.07 Å². The van der Waals surface area contributed by atoms with Crippen molar-refractivity contribution in [2.45, 2.75) is 0 Å². The van der Waals surface area contributed by atoms with Gasteiger partial charge >= 0.3 is 5.69 Å². The molecule has 0 saturated carbocycles. The van der Waals surface area contributed by atoms with Gasteiger partial charge in [-0.3, -0.25) is 14.9 Å². The van der Waals surface area contributed by atoms with Crippen LogP contribution in [-0.2, 0) is 0 Å². The highest BCUT2D eigenvalue weighted by Crippen LogP contribution is 2.24. The SMILES string of the molecule is Nc1cc(C(=O)CCl)c(F)c([N+](=O)[O-])c1. The Hall–Kier alpha value is -1.69. The largest absolute Gasteiger partial charge is 0.399 e. The molecule has 0 amide bonds. The van der Waals surface area contributed by atoms with Gasteiger partial charge in [-0.1, -0.05) is 0 Å². The van der Waals surface area contributed by atoms with E-state index >= 15 is 0 Å². The summed E-state index contributed by atoms with van der Waals surface area (Å²) in [5.74, 6) is -2.42. The van der Waals surface area contributed by atoms with E-state index in [1.165, 1.54) is 0 Å². The highest BCUT2D eigenvalue weighted by atomic mass is 35.5. The Bertz CT molecular complexity index is 436. The number of nitrogens with two attached hydrogens (primary N) is 1. The van der Waals surface area contributed by atoms with Gasteiger partial charge in [-0.25, -0.2) is 0 Å². The first kappa shape index (κ1) is 11.4. The Morgan fingerprint density at radius 2 is 2.20 bits per heavy atom. The fourth-order valence-corrected chi connectivity index (χ4v) is 1.18. The maximum Gasteiger partial charge on any atom is 0.307 e. The molecule has 0 aliphatic heterocycles. The van der Waals surface area contributed by atoms with Crippen LogP contribution in [0.2, 0.25) is 0 Å². The molecule has 0 bridgehead atoms. The molecular formula is C8H6ClFN2O3. The number of halogens is 2. The molecule has 0 spiro atoms. The summed E-state index contributed by atoms with van der Waals surface area (Å²) in [5, 5.41) is 10.4. The number of rotatable bonds is 3. The summed E-state index contributed by atoms with van der Waals surface area (Å²) in [6.45, 7) is 0. The van der Waals surface area contributed by atoms with Gasteiger partial charge in [0.1, 0.15) is 0 Å². The average Bonchev–Trinajstić information content (AvgIpc) is 2.19. The quantitative estimate of drug-likeness (QED) is 0.283. The molecule has 0 fully saturated rings. The summed E-state index contributed by atoms with van der Waals surface area (Å²) < 4.78 is 13.4. The Morgan fingerprint density at radius 1 is 1.60 bits per heavy atom. The van der Waals surface area contributed by atoms with Crippen molar-refractivity contribution in [1.82, 2.24) is 0 Å². The summed E-state index contributed by atoms with van der Waals surface area (Å²) in [7, 11) is 0. The molecule has 0 atom stereocenters. The van der Waals surface area contributed by atoms with E-state index in [2.05, 4.69) is 0 Å². The number of nitrogens with zero attached hydrogens (tertiary/aromatic N) is 1. The van der Waals surface area contributed by atoms with Gasteiger partial charge in [0.15, 0.2) is 5.78 Å². The maximum absolute atomic E-state index is 13.4. The molecule has 0 aromatic heterocycles. The molecule has 2 N–H and O–H groups in total. The minimum Gasteiger partial charge on any atom is -0.399 e. The van der Waals surface area contributed by atoms with Crippen LogP contribution >= 0.6 is 11.6 Å². The van der Waals surface area contributed by atoms with Crippen molar-refractivity contribution in [3.05, 3.63) is 33.6 Å². The third-order valence-corrected chi connectivity index (χ3v) is 1.94. The van der Waals surface area contributed by atoms with E-state index in [4.69, 9.17) is 17.3 Å². The molecule has 5 nitrogen and oxygen atoms in total. The van der Waals surface area contributed by atoms with Crippen LogP contribution in [0.25, 0.3) is 0 Å². The van der Waals surface area contributed by atoms with Gasteiger partial charge in [0, 0.05) is 11.8 Å². The van der Waals surface area contributed by atoms with Crippen molar-refractivity contribution in [2.24, 2.45) is 0 Å². The third kappa shape index (κ3) is 2.21. The van der Waals surface area contributed by atoms with E-state index in [-0.39, 0.29) is 5.69 Å². The fraction of sp³-hybridized carbons (Fsp3) is 0.125. The molecule has 0 saturated heterocycles. The predicted molar refractivity (Wildman–Crippen MR) is 52.5 cm³/mol. The first-order valence-electron chi connectivity index (χ1n) is 3.80. The number of nitro groups is 1. The zero-order valence-electron chi connectivity index (χ0n) is 7.37. The van der Waals surface area contributed by atoms with Gasteiger partial charge in [0.25, 0.3) is 0 Å². The van der Waals surface area contributed by atoms with Crippen LogP contribution in [-0.4, -0.2) is 16.6 Å². The fourth-order valence-electron chi connectivity index (χ4n) is 1.04. The minimum atomic E-state index is -1.21. The molecule has 0 radical (unpaired) electrons. The molecule has 1 aromatic carbocycles. The van der Waals surface area contributed by atoms with Crippen LogP contribution in [0.1, 0.15) is 10.4 Å². The van der Waals surface area contributed by atoms with Crippen LogP contribution < -0.4 is 5.73 Å². The number of hydrogen-bond donors (Lipinski definition) is 1. The molecule has 1 rings (SSSR count). The number of ketones is 1. The third-order valence-electron chi connectivity index (χ3n) is 1.69. The van der Waals surface area contributed by atoms with Crippen LogP contribution in [0, 0.1) is 15.9 Å². The summed E-state index contributed by atoms with van der Waals surface area (Å²) in [4.78, 5) is 20.6. The maximum atomic E-state index is 13.4. The summed E-state index contributed by atoms with van der Waals surface area (Å²) in [6.07, 6.45) is 0. The summed E-state index contributed by atoms with van der Waals surface area (Å²) in [5.41, 5.74) is 3.94. The lowest BCUT2D eigenvalue weighted by Crippen LogP contribution is -2.07. The molecule has 0 heterocycles. The van der Waals surface area contributed by atoms with Crippen molar-refractivity contribution in [1.29, 1.82) is 0 Å². The van der Waals surface area contributed by atoms with Crippen molar-refractivity contribution < 1.29 is 14.1 Å². The Kier molecular flexibility index (Phi) is 3.21. The Labute approximate surface area is 88.8 Å². The van der Waals surface area contributed by atoms with Gasteiger partial charge < -0.3 is 5.73 Å². The van der Waals surface area contributed by atoms with Crippen molar-refractivity contribution in [2.75, 3.05) is 11.6 Å². The van der Waals surface area contributed by atoms with Crippen molar-refractivity contribution in [3.8, 4) is 0 Å². The van der Waals surface area contributed by atoms with Crippen LogP contribution in [0.3, 0.4) is 0 Å². The standard InChI is InChI=1S/C8H6ClFN2O3/c9-3-7(13)5-1-4(11)2-6(8(5)10)12(14)15/h1-2H,3,11H2. The number of anilines is 1. The topological polar surface area (TPSA) is 86.2 Å². The molecule has 0 unspecified atom stereocenters. The second kappa shape index (κ2) is 4.22. The minimum absolute atomic E-state index is 0.0587. The van der Waals surface area contributed by atoms with E-state index in [1.807, 2.05) is 0 Å². The predicted octanol–water partition coefficient (Wildman–Crippen LogP) is 1.74. The molecule has 7 heteroatoms. The van der Waals surface area contributed by atoms with Crippen LogP contribution in [0.4, 0.5) is 15.8 Å². The number of benzene rings is 1. The molecule has 80 valence electrons. The lowest BCUT2D eigenvalue weighted by molar-refractivity contribution is -0.387. The molecule has 1 aromatic rings. The zero-order valence-corrected chi connectivity index (χ0v) is 8.12. The molecular weight excluding hydrogens is 227 g/mol. The number of carbonyl (C=O) groups excluding carboxylic acids is 1. The van der Waals surface area contributed by atoms with Gasteiger partial charge in [0.05, 0.1) is 16.4 Å². The van der Waals surface area contributed by atoms with Gasteiger partial charge in [-0.15, -0.1) is 11.6 Å². The normalized spacial score (nSPS) is 10.0.